The van der Waals surface area contributed by atoms with E-state index in [9.17, 15) is 4.79 Å². The van der Waals surface area contributed by atoms with E-state index in [1.807, 2.05) is 36.2 Å². The first-order valence-electron chi connectivity index (χ1n) is 6.76. The van der Waals surface area contributed by atoms with Gasteiger partial charge in [-0.25, -0.2) is 0 Å². The molecule has 3 nitrogen and oxygen atoms in total. The number of carbonyl (C=O) groups excluding carboxylic acids is 1. The highest BCUT2D eigenvalue weighted by Crippen LogP contribution is 2.27. The summed E-state index contributed by atoms with van der Waals surface area (Å²) >= 11 is 0. The van der Waals surface area contributed by atoms with Gasteiger partial charge in [-0.15, -0.1) is 0 Å². The van der Waals surface area contributed by atoms with Crippen molar-refractivity contribution in [1.82, 2.24) is 4.98 Å². The molecule has 1 aromatic carbocycles. The lowest BCUT2D eigenvalue weighted by Gasteiger charge is -2.29. The van der Waals surface area contributed by atoms with Crippen LogP contribution in [0.3, 0.4) is 0 Å². The summed E-state index contributed by atoms with van der Waals surface area (Å²) in [6, 6.07) is 10.3. The van der Waals surface area contributed by atoms with Crippen LogP contribution in [-0.4, -0.2) is 17.4 Å². The third kappa shape index (κ3) is 2.41. The monoisotopic (exact) mass is 254 g/mol. The largest absolute Gasteiger partial charge is 0.365 e. The van der Waals surface area contributed by atoms with Crippen LogP contribution in [0.1, 0.15) is 23.2 Å². The van der Waals surface area contributed by atoms with Gasteiger partial charge in [0.25, 0.3) is 0 Å². The molecule has 19 heavy (non-hydrogen) atoms. The summed E-state index contributed by atoms with van der Waals surface area (Å²) in [5.41, 5.74) is 4.53. The van der Waals surface area contributed by atoms with E-state index in [-0.39, 0.29) is 5.91 Å². The number of amides is 1. The average Bonchev–Trinajstić information content (AvgIpc) is 2.83. The maximum atomic E-state index is 12.5. The van der Waals surface area contributed by atoms with Crippen LogP contribution in [-0.2, 0) is 17.6 Å². The Labute approximate surface area is 113 Å². The van der Waals surface area contributed by atoms with Gasteiger partial charge in [-0.1, -0.05) is 18.2 Å². The topological polar surface area (TPSA) is 36.1 Å². The van der Waals surface area contributed by atoms with Crippen molar-refractivity contribution in [2.75, 3.05) is 11.4 Å². The fraction of sp³-hybridized carbons (Fsp3) is 0.312. The van der Waals surface area contributed by atoms with E-state index in [1.54, 1.807) is 0 Å². The molecule has 0 spiro atoms. The number of fused-ring (bicyclic) bond motifs is 1. The molecule has 0 atom stereocenters. The zero-order chi connectivity index (χ0) is 13.2. The fourth-order valence-corrected chi connectivity index (χ4v) is 2.73. The van der Waals surface area contributed by atoms with E-state index in [2.05, 4.69) is 17.1 Å². The highest BCUT2D eigenvalue weighted by Gasteiger charge is 2.22. The summed E-state index contributed by atoms with van der Waals surface area (Å²) in [4.78, 5) is 17.5. The Morgan fingerprint density at radius 2 is 2.21 bits per heavy atom. The molecule has 0 bridgehead atoms. The van der Waals surface area contributed by atoms with Crippen molar-refractivity contribution in [1.29, 1.82) is 0 Å². The minimum absolute atomic E-state index is 0.186. The van der Waals surface area contributed by atoms with Crippen LogP contribution < -0.4 is 4.90 Å². The number of aromatic amines is 1. The molecule has 0 aliphatic carbocycles. The van der Waals surface area contributed by atoms with Gasteiger partial charge in [0.2, 0.25) is 5.91 Å². The number of hydrogen-bond acceptors (Lipinski definition) is 1. The number of para-hydroxylation sites is 1. The van der Waals surface area contributed by atoms with Crippen LogP contribution in [0, 0.1) is 6.92 Å². The summed E-state index contributed by atoms with van der Waals surface area (Å²) in [6.45, 7) is 2.84. The molecule has 0 unspecified atom stereocenters. The number of carbonyl (C=O) groups is 1. The molecule has 1 aliphatic rings. The van der Waals surface area contributed by atoms with Crippen LogP contribution in [0.15, 0.2) is 36.5 Å². The van der Waals surface area contributed by atoms with Gasteiger partial charge in [0, 0.05) is 24.1 Å². The van der Waals surface area contributed by atoms with Crippen molar-refractivity contribution >= 4 is 11.6 Å². The first kappa shape index (κ1) is 12.0. The molecule has 1 aromatic heterocycles. The average molecular weight is 254 g/mol. The Balaban J connectivity index is 1.81. The van der Waals surface area contributed by atoms with Crippen LogP contribution in [0.4, 0.5) is 5.69 Å². The molecular weight excluding hydrogens is 236 g/mol. The Bertz CT molecular complexity index is 600. The van der Waals surface area contributed by atoms with Crippen LogP contribution in [0.25, 0.3) is 0 Å². The highest BCUT2D eigenvalue weighted by molar-refractivity contribution is 5.95. The van der Waals surface area contributed by atoms with Crippen molar-refractivity contribution in [3.05, 3.63) is 53.3 Å². The standard InChI is InChI=1S/C16H18N2O/c1-12-9-13(11-17-12)10-16(19)18-8-4-6-14-5-2-3-7-15(14)18/h2-3,5,7,9,11,17H,4,6,8,10H2,1H3. The molecule has 2 heterocycles. The molecule has 1 aliphatic heterocycles. The predicted molar refractivity (Wildman–Crippen MR) is 76.3 cm³/mol. The normalized spacial score (nSPS) is 14.3. The van der Waals surface area contributed by atoms with E-state index < -0.39 is 0 Å². The molecule has 3 rings (SSSR count). The van der Waals surface area contributed by atoms with Gasteiger partial charge >= 0.3 is 0 Å². The summed E-state index contributed by atoms with van der Waals surface area (Å²) in [6.07, 6.45) is 4.51. The molecule has 3 heteroatoms. The van der Waals surface area contributed by atoms with Crippen LogP contribution in [0.2, 0.25) is 0 Å². The Hall–Kier alpha value is -2.03. The number of hydrogen-bond donors (Lipinski definition) is 1. The second-order valence-electron chi connectivity index (χ2n) is 5.15. The van der Waals surface area contributed by atoms with Crippen molar-refractivity contribution in [3.8, 4) is 0 Å². The number of benzene rings is 1. The summed E-state index contributed by atoms with van der Waals surface area (Å²) in [7, 11) is 0. The van der Waals surface area contributed by atoms with E-state index in [1.165, 1.54) is 5.56 Å². The van der Waals surface area contributed by atoms with Crippen molar-refractivity contribution in [2.45, 2.75) is 26.2 Å². The SMILES string of the molecule is Cc1cc(CC(=O)N2CCCc3ccccc32)c[nH]1. The lowest BCUT2D eigenvalue weighted by molar-refractivity contribution is -0.118. The molecule has 98 valence electrons. The summed E-state index contributed by atoms with van der Waals surface area (Å²) < 4.78 is 0. The molecular formula is C16H18N2O. The van der Waals surface area contributed by atoms with Crippen LogP contribution in [0.5, 0.6) is 0 Å². The Kier molecular flexibility index (Phi) is 3.11. The van der Waals surface area contributed by atoms with E-state index in [0.717, 1.165) is 36.3 Å². The lowest BCUT2D eigenvalue weighted by Crippen LogP contribution is -2.36. The number of nitrogens with one attached hydrogen (secondary N) is 1. The fourth-order valence-electron chi connectivity index (χ4n) is 2.73. The number of aromatic nitrogens is 1. The van der Waals surface area contributed by atoms with Crippen LogP contribution >= 0.6 is 0 Å². The first-order valence-corrected chi connectivity index (χ1v) is 6.76. The van der Waals surface area contributed by atoms with Crippen molar-refractivity contribution in [2.24, 2.45) is 0 Å². The molecule has 0 radical (unpaired) electrons. The van der Waals surface area contributed by atoms with Gasteiger partial charge in [-0.2, -0.15) is 0 Å². The van der Waals surface area contributed by atoms with Gasteiger partial charge < -0.3 is 9.88 Å². The van der Waals surface area contributed by atoms with Gasteiger partial charge in [0.1, 0.15) is 0 Å². The van der Waals surface area contributed by atoms with E-state index in [4.69, 9.17) is 0 Å². The zero-order valence-corrected chi connectivity index (χ0v) is 11.1. The molecule has 1 N–H and O–H groups in total. The maximum Gasteiger partial charge on any atom is 0.231 e. The molecule has 2 aromatic rings. The molecule has 0 saturated heterocycles. The third-order valence-corrected chi connectivity index (χ3v) is 3.65. The number of H-pyrrole nitrogens is 1. The van der Waals surface area contributed by atoms with Crippen molar-refractivity contribution < 1.29 is 4.79 Å². The smallest absolute Gasteiger partial charge is 0.231 e. The minimum Gasteiger partial charge on any atom is -0.365 e. The van der Waals surface area contributed by atoms with E-state index >= 15 is 0 Å². The predicted octanol–water partition coefficient (Wildman–Crippen LogP) is 2.85. The number of nitrogens with zero attached hydrogens (tertiary/aromatic N) is 1. The molecule has 1 amide bonds. The third-order valence-electron chi connectivity index (χ3n) is 3.65. The molecule has 0 fully saturated rings. The van der Waals surface area contributed by atoms with Gasteiger partial charge in [-0.3, -0.25) is 4.79 Å². The second-order valence-corrected chi connectivity index (χ2v) is 5.15. The second kappa shape index (κ2) is 4.92. The van der Waals surface area contributed by atoms with E-state index in [0.29, 0.717) is 6.42 Å². The van der Waals surface area contributed by atoms with Crippen molar-refractivity contribution in [3.63, 3.8) is 0 Å². The quantitative estimate of drug-likeness (QED) is 0.879. The maximum absolute atomic E-state index is 12.5. The lowest BCUT2D eigenvalue weighted by atomic mass is 10.0. The minimum atomic E-state index is 0.186. The number of rotatable bonds is 2. The van der Waals surface area contributed by atoms with Gasteiger partial charge in [0.05, 0.1) is 6.42 Å². The van der Waals surface area contributed by atoms with Gasteiger partial charge in [0.15, 0.2) is 0 Å². The number of anilines is 1. The summed E-state index contributed by atoms with van der Waals surface area (Å²) in [5.74, 6) is 0.186. The van der Waals surface area contributed by atoms with Gasteiger partial charge in [-0.05, 0) is 43.0 Å². The zero-order valence-electron chi connectivity index (χ0n) is 11.1. The first-order chi connectivity index (χ1) is 9.24. The highest BCUT2D eigenvalue weighted by atomic mass is 16.2. The Morgan fingerprint density at radius 3 is 3.00 bits per heavy atom. The molecule has 0 saturated carbocycles. The Morgan fingerprint density at radius 1 is 1.37 bits per heavy atom. The number of aryl methyl sites for hydroxylation is 2. The summed E-state index contributed by atoms with van der Waals surface area (Å²) in [5, 5.41) is 0.